The Balaban J connectivity index is 2.03. The summed E-state index contributed by atoms with van der Waals surface area (Å²) in [5.74, 6) is -0.0521. The molecule has 0 radical (unpaired) electrons. The van der Waals surface area contributed by atoms with E-state index in [2.05, 4.69) is 16.3 Å². The van der Waals surface area contributed by atoms with E-state index in [1.54, 1.807) is 0 Å². The molecule has 20 heavy (non-hydrogen) atoms. The highest BCUT2D eigenvalue weighted by molar-refractivity contribution is 5.94. The quantitative estimate of drug-likeness (QED) is 0.860. The van der Waals surface area contributed by atoms with Crippen molar-refractivity contribution in [2.75, 3.05) is 19.6 Å². The lowest BCUT2D eigenvalue weighted by atomic mass is 10.0. The van der Waals surface area contributed by atoms with Gasteiger partial charge in [-0.05, 0) is 57.5 Å². The second kappa shape index (κ2) is 6.37. The Morgan fingerprint density at radius 2 is 2.05 bits per heavy atom. The van der Waals surface area contributed by atoms with Gasteiger partial charge >= 0.3 is 0 Å². The van der Waals surface area contributed by atoms with Crippen molar-refractivity contribution in [3.8, 4) is 0 Å². The lowest BCUT2D eigenvalue weighted by molar-refractivity contribution is 0.0915. The van der Waals surface area contributed by atoms with Crippen molar-refractivity contribution in [1.29, 1.82) is 0 Å². The molecular weight excluding hydrogens is 250 g/mol. The van der Waals surface area contributed by atoms with Gasteiger partial charge in [0.25, 0.3) is 5.91 Å². The number of nitrogens with one attached hydrogen (secondary N) is 1. The molecule has 0 aliphatic carbocycles. The van der Waals surface area contributed by atoms with Crippen LogP contribution in [0.5, 0.6) is 0 Å². The van der Waals surface area contributed by atoms with E-state index in [1.165, 1.54) is 18.4 Å². The topological polar surface area (TPSA) is 58.4 Å². The molecule has 4 nitrogen and oxygen atoms in total. The van der Waals surface area contributed by atoms with Crippen LogP contribution in [0.4, 0.5) is 0 Å². The van der Waals surface area contributed by atoms with Crippen molar-refractivity contribution in [3.63, 3.8) is 0 Å². The largest absolute Gasteiger partial charge is 0.346 e. The number of hydrogen-bond acceptors (Lipinski definition) is 3. The number of likely N-dealkylation sites (tertiary alicyclic amines) is 1. The third-order valence-electron chi connectivity index (χ3n) is 3.76. The van der Waals surface area contributed by atoms with Crippen molar-refractivity contribution in [2.24, 2.45) is 5.73 Å². The minimum absolute atomic E-state index is 0.0521. The maximum absolute atomic E-state index is 12.2. The molecule has 0 atom stereocenters. The molecule has 0 unspecified atom stereocenters. The molecule has 1 amide bonds. The fourth-order valence-electron chi connectivity index (χ4n) is 2.44. The highest BCUT2D eigenvalue weighted by Gasteiger charge is 2.19. The van der Waals surface area contributed by atoms with Gasteiger partial charge in [0, 0.05) is 24.2 Å². The summed E-state index contributed by atoms with van der Waals surface area (Å²) in [4.78, 5) is 14.7. The number of nitrogens with two attached hydrogens (primary N) is 1. The van der Waals surface area contributed by atoms with Crippen LogP contribution >= 0.6 is 0 Å². The van der Waals surface area contributed by atoms with E-state index in [9.17, 15) is 4.79 Å². The smallest absolute Gasteiger partial charge is 0.251 e. The second-order valence-corrected chi connectivity index (χ2v) is 6.23. The summed E-state index contributed by atoms with van der Waals surface area (Å²) in [6.45, 7) is 7.54. The van der Waals surface area contributed by atoms with E-state index in [1.807, 2.05) is 32.0 Å². The lowest BCUT2D eigenvalue weighted by Crippen LogP contribution is -2.48. The predicted octanol–water partition coefficient (Wildman–Crippen LogP) is 1.75. The maximum Gasteiger partial charge on any atom is 0.251 e. The monoisotopic (exact) mass is 275 g/mol. The average molecular weight is 275 g/mol. The summed E-state index contributed by atoms with van der Waals surface area (Å²) in [7, 11) is 0. The highest BCUT2D eigenvalue weighted by atomic mass is 16.1. The van der Waals surface area contributed by atoms with Crippen LogP contribution in [0.15, 0.2) is 24.3 Å². The standard InChI is InChI=1S/C16H25N3O/c1-16(2,12-17)18-15(20)14-7-5-6-13(10-14)11-19-8-3-4-9-19/h5-7,10H,3-4,8-9,11-12,17H2,1-2H3,(H,18,20). The van der Waals surface area contributed by atoms with E-state index in [-0.39, 0.29) is 11.4 Å². The van der Waals surface area contributed by atoms with Crippen LogP contribution in [0.25, 0.3) is 0 Å². The average Bonchev–Trinajstić information content (AvgIpc) is 2.91. The van der Waals surface area contributed by atoms with Crippen molar-refractivity contribution in [3.05, 3.63) is 35.4 Å². The highest BCUT2D eigenvalue weighted by Crippen LogP contribution is 2.14. The van der Waals surface area contributed by atoms with Gasteiger partial charge in [-0.2, -0.15) is 0 Å². The summed E-state index contributed by atoms with van der Waals surface area (Å²) < 4.78 is 0. The molecule has 0 spiro atoms. The molecule has 0 saturated carbocycles. The van der Waals surface area contributed by atoms with Crippen molar-refractivity contribution < 1.29 is 4.79 Å². The number of carbonyl (C=O) groups excluding carboxylic acids is 1. The van der Waals surface area contributed by atoms with Crippen LogP contribution < -0.4 is 11.1 Å². The summed E-state index contributed by atoms with van der Waals surface area (Å²) in [5, 5.41) is 2.97. The van der Waals surface area contributed by atoms with Crippen LogP contribution in [0.1, 0.15) is 42.6 Å². The van der Waals surface area contributed by atoms with E-state index in [4.69, 9.17) is 5.73 Å². The molecule has 1 aromatic carbocycles. The van der Waals surface area contributed by atoms with E-state index in [0.29, 0.717) is 12.1 Å². The van der Waals surface area contributed by atoms with Crippen LogP contribution in [-0.4, -0.2) is 36.0 Å². The zero-order valence-corrected chi connectivity index (χ0v) is 12.5. The number of hydrogen-bond donors (Lipinski definition) is 2. The van der Waals surface area contributed by atoms with Gasteiger partial charge in [-0.3, -0.25) is 9.69 Å². The van der Waals surface area contributed by atoms with Crippen LogP contribution in [-0.2, 0) is 6.54 Å². The van der Waals surface area contributed by atoms with Crippen molar-refractivity contribution in [2.45, 2.75) is 38.8 Å². The Hall–Kier alpha value is -1.39. The molecule has 1 aliphatic rings. The zero-order chi connectivity index (χ0) is 14.6. The van der Waals surface area contributed by atoms with Gasteiger partial charge in [0.05, 0.1) is 0 Å². The molecule has 4 heteroatoms. The lowest BCUT2D eigenvalue weighted by Gasteiger charge is -2.24. The molecule has 3 N–H and O–H groups in total. The minimum Gasteiger partial charge on any atom is -0.346 e. The Labute approximate surface area is 121 Å². The molecule has 0 bridgehead atoms. The Kier molecular flexibility index (Phi) is 4.78. The normalized spacial score (nSPS) is 16.4. The first-order valence-electron chi connectivity index (χ1n) is 7.34. The summed E-state index contributed by atoms with van der Waals surface area (Å²) >= 11 is 0. The molecule has 1 aliphatic heterocycles. The number of amides is 1. The maximum atomic E-state index is 12.2. The number of rotatable bonds is 5. The Bertz CT molecular complexity index is 465. The summed E-state index contributed by atoms with van der Waals surface area (Å²) in [6, 6.07) is 7.88. The summed E-state index contributed by atoms with van der Waals surface area (Å²) in [6.07, 6.45) is 2.57. The van der Waals surface area contributed by atoms with Crippen LogP contribution in [0.3, 0.4) is 0 Å². The minimum atomic E-state index is -0.373. The molecule has 1 saturated heterocycles. The van der Waals surface area contributed by atoms with Crippen LogP contribution in [0.2, 0.25) is 0 Å². The van der Waals surface area contributed by atoms with E-state index in [0.717, 1.165) is 19.6 Å². The molecule has 1 fully saturated rings. The Morgan fingerprint density at radius 3 is 2.70 bits per heavy atom. The first kappa shape index (κ1) is 15.0. The third-order valence-corrected chi connectivity index (χ3v) is 3.76. The zero-order valence-electron chi connectivity index (χ0n) is 12.5. The van der Waals surface area contributed by atoms with E-state index < -0.39 is 0 Å². The van der Waals surface area contributed by atoms with Crippen LogP contribution in [0, 0.1) is 0 Å². The number of benzene rings is 1. The number of nitrogens with zero attached hydrogens (tertiary/aromatic N) is 1. The van der Waals surface area contributed by atoms with Crippen molar-refractivity contribution >= 4 is 5.91 Å². The second-order valence-electron chi connectivity index (χ2n) is 6.23. The molecule has 1 aromatic rings. The molecule has 0 aromatic heterocycles. The molecule has 1 heterocycles. The third kappa shape index (κ3) is 4.05. The molecule has 2 rings (SSSR count). The van der Waals surface area contributed by atoms with Gasteiger partial charge in [0.1, 0.15) is 0 Å². The fourth-order valence-corrected chi connectivity index (χ4v) is 2.44. The van der Waals surface area contributed by atoms with Crippen molar-refractivity contribution in [1.82, 2.24) is 10.2 Å². The molecule has 110 valence electrons. The SMILES string of the molecule is CC(C)(CN)NC(=O)c1cccc(CN2CCCC2)c1. The van der Waals surface area contributed by atoms with Gasteiger partial charge in [-0.1, -0.05) is 12.1 Å². The summed E-state index contributed by atoms with van der Waals surface area (Å²) in [5.41, 5.74) is 7.19. The van der Waals surface area contributed by atoms with Gasteiger partial charge < -0.3 is 11.1 Å². The van der Waals surface area contributed by atoms with Gasteiger partial charge in [0.15, 0.2) is 0 Å². The fraction of sp³-hybridized carbons (Fsp3) is 0.562. The predicted molar refractivity (Wildman–Crippen MR) is 81.6 cm³/mol. The van der Waals surface area contributed by atoms with Gasteiger partial charge in [0.2, 0.25) is 0 Å². The number of carbonyl (C=O) groups is 1. The Morgan fingerprint density at radius 1 is 1.35 bits per heavy atom. The van der Waals surface area contributed by atoms with Gasteiger partial charge in [-0.15, -0.1) is 0 Å². The van der Waals surface area contributed by atoms with Gasteiger partial charge in [-0.25, -0.2) is 0 Å². The first-order valence-corrected chi connectivity index (χ1v) is 7.34. The first-order chi connectivity index (χ1) is 9.50. The van der Waals surface area contributed by atoms with E-state index >= 15 is 0 Å². The molecular formula is C16H25N3O.